The minimum Gasteiger partial charge on any atom is -0.497 e. The van der Waals surface area contributed by atoms with Gasteiger partial charge in [0.25, 0.3) is 0 Å². The van der Waals surface area contributed by atoms with Crippen molar-refractivity contribution >= 4 is 17.4 Å². The molecule has 0 saturated carbocycles. The number of methoxy groups -OCH3 is 4. The number of carbonyl (C=O) groups is 1. The summed E-state index contributed by atoms with van der Waals surface area (Å²) in [5.74, 6) is -0.691. The third-order valence-electron chi connectivity index (χ3n) is 8.57. The van der Waals surface area contributed by atoms with Crippen molar-refractivity contribution in [2.45, 2.75) is 5.92 Å². The van der Waals surface area contributed by atoms with Crippen molar-refractivity contribution in [1.29, 1.82) is 0 Å². The van der Waals surface area contributed by atoms with Crippen LogP contribution in [0.15, 0.2) is 65.8 Å². The number of aromatic hydroxyl groups is 2. The van der Waals surface area contributed by atoms with Gasteiger partial charge in [0.05, 0.1) is 52.3 Å². The first-order chi connectivity index (χ1) is 22.3. The van der Waals surface area contributed by atoms with Crippen molar-refractivity contribution in [3.63, 3.8) is 0 Å². The molecule has 3 aliphatic rings. The minimum absolute atomic E-state index is 0.0542. The third-order valence-corrected chi connectivity index (χ3v) is 8.57. The van der Waals surface area contributed by atoms with E-state index in [0.717, 1.165) is 16.8 Å². The van der Waals surface area contributed by atoms with Crippen LogP contribution in [0.4, 0.5) is 5.69 Å². The van der Waals surface area contributed by atoms with Crippen LogP contribution in [0.25, 0.3) is 0 Å². The van der Waals surface area contributed by atoms with E-state index >= 15 is 0 Å². The number of nitrogens with zero attached hydrogens (tertiary/aromatic N) is 3. The second kappa shape index (κ2) is 11.3. The summed E-state index contributed by atoms with van der Waals surface area (Å²) in [4.78, 5) is 20.1. The number of fused-ring (bicyclic) bond motifs is 4. The number of ether oxygens (including phenoxy) is 6. The zero-order valence-electron chi connectivity index (χ0n) is 25.4. The Morgan fingerprint density at radius 2 is 1.50 bits per heavy atom. The highest BCUT2D eigenvalue weighted by Crippen LogP contribution is 2.52. The van der Waals surface area contributed by atoms with Crippen LogP contribution in [0.5, 0.6) is 46.3 Å². The second-order valence-electron chi connectivity index (χ2n) is 10.9. The Bertz CT molecular complexity index is 1810. The number of benzene rings is 3. The van der Waals surface area contributed by atoms with Gasteiger partial charge in [-0.3, -0.25) is 5.01 Å². The fraction of sp³-hybridized carbons (Fsp3) is 0.273. The van der Waals surface area contributed by atoms with E-state index in [0.29, 0.717) is 57.0 Å². The maximum atomic E-state index is 14.4. The summed E-state index contributed by atoms with van der Waals surface area (Å²) >= 11 is 0. The largest absolute Gasteiger partial charge is 0.497 e. The third kappa shape index (κ3) is 4.62. The molecule has 0 bridgehead atoms. The summed E-state index contributed by atoms with van der Waals surface area (Å²) in [6.45, 7) is 0.373. The van der Waals surface area contributed by atoms with Gasteiger partial charge in [0.1, 0.15) is 5.75 Å². The van der Waals surface area contributed by atoms with Crippen LogP contribution in [0.3, 0.4) is 0 Å². The number of hydrogen-bond acceptors (Lipinski definition) is 12. The molecule has 3 atom stereocenters. The van der Waals surface area contributed by atoms with Gasteiger partial charge in [-0.1, -0.05) is 0 Å². The zero-order valence-corrected chi connectivity index (χ0v) is 25.4. The maximum absolute atomic E-state index is 14.4. The van der Waals surface area contributed by atoms with Crippen molar-refractivity contribution in [1.82, 2.24) is 4.73 Å². The summed E-state index contributed by atoms with van der Waals surface area (Å²) in [7, 11) is 6.15. The van der Waals surface area contributed by atoms with Crippen LogP contribution < -0.4 is 38.3 Å². The van der Waals surface area contributed by atoms with Crippen molar-refractivity contribution in [2.75, 3.05) is 46.8 Å². The van der Waals surface area contributed by atoms with E-state index in [4.69, 9.17) is 38.4 Å². The fourth-order valence-corrected chi connectivity index (χ4v) is 6.45. The van der Waals surface area contributed by atoms with Gasteiger partial charge in [-0.2, -0.15) is 5.10 Å². The minimum atomic E-state index is -0.918. The summed E-state index contributed by atoms with van der Waals surface area (Å²) < 4.78 is 34.5. The van der Waals surface area contributed by atoms with Gasteiger partial charge in [-0.05, 0) is 59.7 Å². The second-order valence-corrected chi connectivity index (χ2v) is 10.9. The molecule has 238 valence electrons. The highest BCUT2D eigenvalue weighted by Gasteiger charge is 2.51. The number of aromatic nitrogens is 1. The smallest absolute Gasteiger partial charge is 0.337 e. The van der Waals surface area contributed by atoms with Gasteiger partial charge in [-0.15, -0.1) is 4.73 Å². The molecular formula is C33H31N3O10. The molecule has 0 saturated heterocycles. The molecule has 0 radical (unpaired) electrons. The Kier molecular flexibility index (Phi) is 7.15. The molecule has 2 N–H and O–H groups in total. The van der Waals surface area contributed by atoms with Gasteiger partial charge in [0.2, 0.25) is 24.3 Å². The summed E-state index contributed by atoms with van der Waals surface area (Å²) in [5, 5.41) is 27.5. The van der Waals surface area contributed by atoms with E-state index in [2.05, 4.69) is 0 Å². The lowest BCUT2D eigenvalue weighted by Crippen LogP contribution is -2.44. The van der Waals surface area contributed by atoms with E-state index in [1.54, 1.807) is 19.2 Å². The Balaban J connectivity index is 1.43. The molecule has 1 aromatic heterocycles. The van der Waals surface area contributed by atoms with E-state index in [1.807, 2.05) is 41.4 Å². The van der Waals surface area contributed by atoms with Crippen molar-refractivity contribution < 1.29 is 48.3 Å². The Labute approximate surface area is 263 Å². The van der Waals surface area contributed by atoms with E-state index in [1.165, 1.54) is 33.5 Å². The molecule has 0 fully saturated rings. The van der Waals surface area contributed by atoms with Crippen LogP contribution in [-0.4, -0.2) is 68.4 Å². The summed E-state index contributed by atoms with van der Waals surface area (Å²) in [6, 6.07) is 17.2. The van der Waals surface area contributed by atoms with Gasteiger partial charge in [-0.25, -0.2) is 4.79 Å². The van der Waals surface area contributed by atoms with Gasteiger partial charge >= 0.3 is 5.97 Å². The van der Waals surface area contributed by atoms with Crippen LogP contribution in [0.2, 0.25) is 0 Å². The van der Waals surface area contributed by atoms with Crippen molar-refractivity contribution in [3.05, 3.63) is 77.4 Å². The topological polar surface area (TPSA) is 143 Å². The molecule has 0 unspecified atom stereocenters. The van der Waals surface area contributed by atoms with Crippen LogP contribution >= 0.6 is 0 Å². The summed E-state index contributed by atoms with van der Waals surface area (Å²) in [5.41, 5.74) is 3.62. The zero-order chi connectivity index (χ0) is 32.1. The van der Waals surface area contributed by atoms with Crippen LogP contribution in [-0.2, 0) is 4.79 Å². The predicted octanol–water partition coefficient (Wildman–Crippen LogP) is 3.92. The summed E-state index contributed by atoms with van der Waals surface area (Å²) in [6.07, 6.45) is 0. The Hall–Kier alpha value is -5.72. The molecule has 1 aliphatic carbocycles. The molecule has 3 heterocycles. The van der Waals surface area contributed by atoms with Crippen molar-refractivity contribution in [3.8, 4) is 46.3 Å². The van der Waals surface area contributed by atoms with Gasteiger partial charge in [0.15, 0.2) is 23.0 Å². The standard InChI is InChI=1S/C33H31N3O10/c1-40-19-7-5-18(6-8-19)35-15-22-30(33(39)46-36-27(37)9-10-28(36)38)29(17-11-25(41-2)32(43-4)26(12-17)42-3)20-13-23-24(45-16-44-23)14-21(20)31(22)34-35/h5-14,22,29-30,37-38H,15-16H2,1-4H3/t22-,29+,30-/m0/s1. The SMILES string of the molecule is COc1ccc(N2C[C@@H]3C(=N2)c2cc4c(cc2[C@@H](c2cc(OC)c(OC)c(OC)c2)[C@H]3C(=O)On2c(O)ccc2O)OCO4)cc1. The average molecular weight is 630 g/mol. The van der Waals surface area contributed by atoms with E-state index in [-0.39, 0.29) is 6.79 Å². The normalized spacial score (nSPS) is 19.2. The predicted molar refractivity (Wildman–Crippen MR) is 164 cm³/mol. The number of hydrogen-bond donors (Lipinski definition) is 2. The first-order valence-corrected chi connectivity index (χ1v) is 14.4. The molecule has 3 aromatic carbocycles. The average Bonchev–Trinajstić information content (AvgIpc) is 3.81. The highest BCUT2D eigenvalue weighted by molar-refractivity contribution is 6.10. The lowest BCUT2D eigenvalue weighted by molar-refractivity contribution is -0.152. The van der Waals surface area contributed by atoms with Crippen LogP contribution in [0, 0.1) is 11.8 Å². The Morgan fingerprint density at radius 3 is 2.11 bits per heavy atom. The monoisotopic (exact) mass is 629 g/mol. The molecule has 13 nitrogen and oxygen atoms in total. The molecule has 4 aromatic rings. The molecule has 13 heteroatoms. The molecule has 2 aliphatic heterocycles. The molecule has 7 rings (SSSR count). The molecule has 46 heavy (non-hydrogen) atoms. The molecule has 0 amide bonds. The first-order valence-electron chi connectivity index (χ1n) is 14.4. The maximum Gasteiger partial charge on any atom is 0.337 e. The Morgan fingerprint density at radius 1 is 0.848 bits per heavy atom. The quantitative estimate of drug-likeness (QED) is 0.293. The van der Waals surface area contributed by atoms with E-state index in [9.17, 15) is 15.0 Å². The van der Waals surface area contributed by atoms with Crippen LogP contribution in [0.1, 0.15) is 22.6 Å². The van der Waals surface area contributed by atoms with Crippen molar-refractivity contribution in [2.24, 2.45) is 16.9 Å². The molecule has 0 spiro atoms. The first kappa shape index (κ1) is 29.0. The van der Waals surface area contributed by atoms with E-state index < -0.39 is 35.5 Å². The number of carbonyl (C=O) groups excluding carboxylic acids is 1. The molecular weight excluding hydrogens is 598 g/mol. The fourth-order valence-electron chi connectivity index (χ4n) is 6.45. The van der Waals surface area contributed by atoms with Gasteiger partial charge < -0.3 is 43.5 Å². The number of rotatable bonds is 8. The lowest BCUT2D eigenvalue weighted by atomic mass is 9.65. The lowest BCUT2D eigenvalue weighted by Gasteiger charge is -2.37. The number of hydrazone groups is 1. The number of anilines is 1. The van der Waals surface area contributed by atoms with Gasteiger partial charge in [0, 0.05) is 29.5 Å². The highest BCUT2D eigenvalue weighted by atomic mass is 16.7.